The molecule has 114 valence electrons. The fourth-order valence-corrected chi connectivity index (χ4v) is 4.51. The summed E-state index contributed by atoms with van der Waals surface area (Å²) in [6.07, 6.45) is 0. The van der Waals surface area contributed by atoms with Gasteiger partial charge in [0, 0.05) is 15.2 Å². The molecule has 0 saturated carbocycles. The van der Waals surface area contributed by atoms with Crippen molar-refractivity contribution in [2.24, 2.45) is 0 Å². The first-order chi connectivity index (χ1) is 10.6. The molecule has 2 rings (SSSR count). The van der Waals surface area contributed by atoms with Crippen LogP contribution in [0.15, 0.2) is 54.6 Å². The molecular formula is C18H18S4. The molecule has 0 radical (unpaired) electrons. The van der Waals surface area contributed by atoms with E-state index in [-0.39, 0.29) is 0 Å². The predicted molar refractivity (Wildman–Crippen MR) is 110 cm³/mol. The summed E-state index contributed by atoms with van der Waals surface area (Å²) in [6, 6.07) is 19.0. The smallest absolute Gasteiger partial charge is 0.0784 e. The van der Waals surface area contributed by atoms with Crippen LogP contribution in [0.3, 0.4) is 0 Å². The van der Waals surface area contributed by atoms with E-state index >= 15 is 0 Å². The summed E-state index contributed by atoms with van der Waals surface area (Å²) < 4.78 is 2.68. The molecule has 2 aromatic rings. The van der Waals surface area contributed by atoms with E-state index in [1.807, 2.05) is 18.2 Å². The van der Waals surface area contributed by atoms with Crippen LogP contribution in [0.4, 0.5) is 0 Å². The topological polar surface area (TPSA) is 0 Å². The maximum Gasteiger partial charge on any atom is 0.0784 e. The summed E-state index contributed by atoms with van der Waals surface area (Å²) in [7, 11) is 0. The van der Waals surface area contributed by atoms with Crippen LogP contribution in [0, 0.1) is 0 Å². The van der Waals surface area contributed by atoms with E-state index in [4.69, 9.17) is 24.4 Å². The van der Waals surface area contributed by atoms with Gasteiger partial charge in [-0.15, -0.1) is 23.5 Å². The molecule has 0 aliphatic carbocycles. The number of hydrogen-bond donors (Lipinski definition) is 0. The summed E-state index contributed by atoms with van der Waals surface area (Å²) >= 11 is 13.9. The lowest BCUT2D eigenvalue weighted by Crippen LogP contribution is -1.97. The average Bonchev–Trinajstić information content (AvgIpc) is 2.56. The third-order valence-electron chi connectivity index (χ3n) is 3.43. The number of rotatable bonds is 6. The highest BCUT2D eigenvalue weighted by molar-refractivity contribution is 8.23. The van der Waals surface area contributed by atoms with Gasteiger partial charge in [0.15, 0.2) is 0 Å². The Kier molecular flexibility index (Phi) is 7.09. The second kappa shape index (κ2) is 8.82. The normalized spacial score (nSPS) is 13.4. The molecule has 0 nitrogen and oxygen atoms in total. The van der Waals surface area contributed by atoms with Crippen LogP contribution in [0.2, 0.25) is 0 Å². The Morgan fingerprint density at radius 2 is 1.45 bits per heavy atom. The Labute approximate surface area is 152 Å². The van der Waals surface area contributed by atoms with Crippen molar-refractivity contribution in [1.82, 2.24) is 0 Å². The molecule has 22 heavy (non-hydrogen) atoms. The molecule has 0 bridgehead atoms. The van der Waals surface area contributed by atoms with Crippen molar-refractivity contribution < 1.29 is 0 Å². The molecule has 0 spiro atoms. The van der Waals surface area contributed by atoms with Gasteiger partial charge < -0.3 is 0 Å². The summed E-state index contributed by atoms with van der Waals surface area (Å²) in [5, 5.41) is 0.745. The van der Waals surface area contributed by atoms with Gasteiger partial charge in [0.05, 0.1) is 4.20 Å². The summed E-state index contributed by atoms with van der Waals surface area (Å²) in [5.74, 6) is 0. The maximum absolute atomic E-state index is 5.54. The van der Waals surface area contributed by atoms with Crippen molar-refractivity contribution in [1.29, 1.82) is 0 Å². The van der Waals surface area contributed by atoms with Gasteiger partial charge in [0.25, 0.3) is 0 Å². The number of thioether (sulfide) groups is 2. The minimum atomic E-state index is 0.343. The van der Waals surface area contributed by atoms with Crippen molar-refractivity contribution in [3.63, 3.8) is 0 Å². The largest absolute Gasteiger partial charge is 0.114 e. The van der Waals surface area contributed by atoms with Crippen LogP contribution >= 0.6 is 48.0 Å². The number of benzene rings is 2. The van der Waals surface area contributed by atoms with Crippen molar-refractivity contribution in [2.45, 2.75) is 24.3 Å². The van der Waals surface area contributed by atoms with E-state index in [0.717, 1.165) is 9.76 Å². The molecule has 0 N–H and O–H groups in total. The lowest BCUT2D eigenvalue weighted by molar-refractivity contribution is 1.07. The number of hydrogen-bond acceptors (Lipinski definition) is 4. The third kappa shape index (κ3) is 4.92. The summed E-state index contributed by atoms with van der Waals surface area (Å²) in [6.45, 7) is 4.37. The Balaban J connectivity index is 2.02. The van der Waals surface area contributed by atoms with E-state index in [1.165, 1.54) is 11.1 Å². The molecule has 0 heterocycles. The molecule has 0 amide bonds. The first-order valence-electron chi connectivity index (χ1n) is 7.07. The Bertz CT molecular complexity index is 619. The molecule has 2 unspecified atom stereocenters. The lowest BCUT2D eigenvalue weighted by Gasteiger charge is -2.14. The molecule has 4 heteroatoms. The SMILES string of the molecule is CC(SC=S)c1ccc(C(C)SC(=S)c2ccccc2)cc1. The quantitative estimate of drug-likeness (QED) is 0.530. The molecule has 2 aromatic carbocycles. The van der Waals surface area contributed by atoms with Gasteiger partial charge in [-0.2, -0.15) is 0 Å². The van der Waals surface area contributed by atoms with E-state index < -0.39 is 0 Å². The van der Waals surface area contributed by atoms with Crippen molar-refractivity contribution in [3.05, 3.63) is 71.3 Å². The van der Waals surface area contributed by atoms with Gasteiger partial charge in [-0.05, 0) is 30.5 Å². The van der Waals surface area contributed by atoms with Crippen LogP contribution in [0.25, 0.3) is 0 Å². The van der Waals surface area contributed by atoms with Crippen molar-refractivity contribution >= 4 is 56.9 Å². The van der Waals surface area contributed by atoms with E-state index in [0.29, 0.717) is 10.5 Å². The number of thiocarbonyl (C=S) groups is 2. The van der Waals surface area contributed by atoms with Crippen LogP contribution in [0.5, 0.6) is 0 Å². The highest BCUT2D eigenvalue weighted by Gasteiger charge is 2.12. The molecular weight excluding hydrogens is 344 g/mol. The van der Waals surface area contributed by atoms with Crippen LogP contribution in [-0.2, 0) is 0 Å². The summed E-state index contributed by atoms with van der Waals surface area (Å²) in [4.78, 5) is 0. The van der Waals surface area contributed by atoms with E-state index in [1.54, 1.807) is 28.2 Å². The average molecular weight is 363 g/mol. The van der Waals surface area contributed by atoms with Gasteiger partial charge >= 0.3 is 0 Å². The predicted octanol–water partition coefficient (Wildman–Crippen LogP) is 6.61. The van der Waals surface area contributed by atoms with Gasteiger partial charge in [0.1, 0.15) is 0 Å². The van der Waals surface area contributed by atoms with E-state index in [2.05, 4.69) is 50.2 Å². The van der Waals surface area contributed by atoms with Crippen LogP contribution in [-0.4, -0.2) is 8.90 Å². The monoisotopic (exact) mass is 362 g/mol. The van der Waals surface area contributed by atoms with Gasteiger partial charge in [0.2, 0.25) is 0 Å². The minimum Gasteiger partial charge on any atom is -0.114 e. The van der Waals surface area contributed by atoms with Crippen LogP contribution < -0.4 is 0 Å². The molecule has 0 aliphatic rings. The first-order valence-corrected chi connectivity index (χ1v) is 9.77. The van der Waals surface area contributed by atoms with Gasteiger partial charge in [-0.25, -0.2) is 0 Å². The van der Waals surface area contributed by atoms with Gasteiger partial charge in [-0.1, -0.05) is 79.0 Å². The van der Waals surface area contributed by atoms with E-state index in [9.17, 15) is 0 Å². The zero-order chi connectivity index (χ0) is 15.9. The second-order valence-electron chi connectivity index (χ2n) is 4.95. The Morgan fingerprint density at radius 1 is 0.909 bits per heavy atom. The fourth-order valence-electron chi connectivity index (χ4n) is 2.07. The summed E-state index contributed by atoms with van der Waals surface area (Å²) in [5.41, 5.74) is 3.72. The lowest BCUT2D eigenvalue weighted by atomic mass is 10.1. The van der Waals surface area contributed by atoms with Gasteiger partial charge in [-0.3, -0.25) is 0 Å². The molecule has 0 fully saturated rings. The highest BCUT2D eigenvalue weighted by Crippen LogP contribution is 2.33. The standard InChI is InChI=1S/C18H18S4/c1-13(21-12-19)15-8-10-16(11-9-15)14(2)22-18(20)17-6-4-3-5-7-17/h3-14H,1-2H3. The highest BCUT2D eigenvalue weighted by atomic mass is 32.2. The maximum atomic E-state index is 5.54. The molecule has 0 aliphatic heterocycles. The molecule has 0 aromatic heterocycles. The zero-order valence-electron chi connectivity index (χ0n) is 12.6. The van der Waals surface area contributed by atoms with Crippen molar-refractivity contribution in [3.8, 4) is 0 Å². The van der Waals surface area contributed by atoms with Crippen LogP contribution in [0.1, 0.15) is 41.0 Å². The minimum absolute atomic E-state index is 0.343. The second-order valence-corrected chi connectivity index (χ2v) is 8.72. The van der Waals surface area contributed by atoms with Crippen molar-refractivity contribution in [2.75, 3.05) is 0 Å². The zero-order valence-corrected chi connectivity index (χ0v) is 15.8. The third-order valence-corrected chi connectivity index (χ3v) is 6.15. The Morgan fingerprint density at radius 3 is 2.00 bits per heavy atom. The Hall–Kier alpha value is -0.680. The fraction of sp³-hybridized carbons (Fsp3) is 0.222. The molecule has 0 saturated heterocycles. The molecule has 2 atom stereocenters. The first kappa shape index (κ1) is 17.7.